The third-order valence-electron chi connectivity index (χ3n) is 3.10. The van der Waals surface area contributed by atoms with Crippen LogP contribution in [0.3, 0.4) is 0 Å². The van der Waals surface area contributed by atoms with E-state index in [0.717, 1.165) is 9.87 Å². The number of rotatable bonds is 7. The zero-order chi connectivity index (χ0) is 16.2. The van der Waals surface area contributed by atoms with E-state index in [1.54, 1.807) is 12.1 Å². The van der Waals surface area contributed by atoms with Gasteiger partial charge in [0.05, 0.1) is 4.90 Å². The molecule has 0 radical (unpaired) electrons. The molecule has 118 valence electrons. The normalized spacial score (nSPS) is 14.9. The number of sulfonamides is 1. The van der Waals surface area contributed by atoms with Crippen LogP contribution in [0.5, 0.6) is 0 Å². The summed E-state index contributed by atoms with van der Waals surface area (Å²) in [7, 11) is -0.503. The summed E-state index contributed by atoms with van der Waals surface area (Å²) in [5.41, 5.74) is 5.79. The second-order valence-corrected chi connectivity index (χ2v) is 7.06. The van der Waals surface area contributed by atoms with Crippen LogP contribution in [0.25, 0.3) is 0 Å². The monoisotopic (exact) mass is 315 g/mol. The molecule has 0 saturated carbocycles. The number of amides is 1. The Balaban J connectivity index is 2.76. The summed E-state index contributed by atoms with van der Waals surface area (Å²) < 4.78 is 25.0. The number of nitrogens with zero attached hydrogens (tertiary/aromatic N) is 1. The molecular formula is C13H21N3O4S. The van der Waals surface area contributed by atoms with E-state index < -0.39 is 22.0 Å². The largest absolute Gasteiger partial charge is 0.382 e. The van der Waals surface area contributed by atoms with E-state index in [1.165, 1.54) is 26.2 Å². The molecule has 1 rings (SSSR count). The third-order valence-corrected chi connectivity index (χ3v) is 4.93. The Kier molecular flexibility index (Phi) is 5.85. The van der Waals surface area contributed by atoms with Crippen LogP contribution in [-0.4, -0.2) is 50.5 Å². The van der Waals surface area contributed by atoms with Gasteiger partial charge in [-0.1, -0.05) is 12.1 Å². The minimum absolute atomic E-state index is 0.0360. The van der Waals surface area contributed by atoms with Crippen LogP contribution >= 0.6 is 0 Å². The number of hydrogen-bond donors (Lipinski definition) is 3. The fourth-order valence-electron chi connectivity index (χ4n) is 1.65. The quantitative estimate of drug-likeness (QED) is 0.624. The molecule has 7 nitrogen and oxygen atoms in total. The van der Waals surface area contributed by atoms with Crippen molar-refractivity contribution in [3.8, 4) is 0 Å². The Bertz CT molecular complexity index is 584. The summed E-state index contributed by atoms with van der Waals surface area (Å²) in [6, 6.07) is 6.26. The van der Waals surface area contributed by atoms with Gasteiger partial charge < -0.3 is 16.2 Å². The van der Waals surface area contributed by atoms with Crippen molar-refractivity contribution < 1.29 is 18.3 Å². The molecule has 1 amide bonds. The first-order valence-electron chi connectivity index (χ1n) is 6.39. The zero-order valence-corrected chi connectivity index (χ0v) is 13.1. The van der Waals surface area contributed by atoms with E-state index in [9.17, 15) is 18.3 Å². The van der Waals surface area contributed by atoms with Gasteiger partial charge in [-0.2, -0.15) is 0 Å². The first kappa shape index (κ1) is 17.6. The van der Waals surface area contributed by atoms with Gasteiger partial charge in [0.2, 0.25) is 15.9 Å². The fourth-order valence-corrected chi connectivity index (χ4v) is 2.55. The number of aliphatic hydroxyl groups excluding tert-OH is 1. The highest BCUT2D eigenvalue weighted by molar-refractivity contribution is 7.89. The molecule has 0 aliphatic rings. The number of hydrogen-bond acceptors (Lipinski definition) is 5. The van der Waals surface area contributed by atoms with Crippen LogP contribution in [0.15, 0.2) is 29.2 Å². The number of carbonyl (C=O) groups is 1. The first-order chi connectivity index (χ1) is 9.66. The fraction of sp³-hybridized carbons (Fsp3) is 0.462. The molecule has 1 aromatic rings. The summed E-state index contributed by atoms with van der Waals surface area (Å²) in [6.45, 7) is 1.87. The van der Waals surface area contributed by atoms with Gasteiger partial charge in [-0.15, -0.1) is 0 Å². The lowest BCUT2D eigenvalue weighted by Crippen LogP contribution is -2.38. The standard InChI is InChI=1S/C13H21N3O4S/c1-9(15-8-12(17)13(14)18)10-4-6-11(7-5-10)21(19,20)16(2)3/h4-7,9,12,15,17H,8H2,1-3H3,(H2,14,18). The smallest absolute Gasteiger partial charge is 0.247 e. The van der Waals surface area contributed by atoms with E-state index in [-0.39, 0.29) is 17.5 Å². The highest BCUT2D eigenvalue weighted by Crippen LogP contribution is 2.18. The molecule has 0 saturated heterocycles. The molecule has 4 N–H and O–H groups in total. The topological polar surface area (TPSA) is 113 Å². The van der Waals surface area contributed by atoms with E-state index in [4.69, 9.17) is 5.73 Å². The summed E-state index contributed by atoms with van der Waals surface area (Å²) in [4.78, 5) is 10.9. The lowest BCUT2D eigenvalue weighted by molar-refractivity contribution is -0.125. The van der Waals surface area contributed by atoms with Crippen molar-refractivity contribution in [2.24, 2.45) is 5.73 Å². The molecule has 0 aliphatic carbocycles. The van der Waals surface area contributed by atoms with Gasteiger partial charge in [-0.3, -0.25) is 4.79 Å². The molecule has 8 heteroatoms. The number of benzene rings is 1. The van der Waals surface area contributed by atoms with Crippen LogP contribution in [0.2, 0.25) is 0 Å². The Morgan fingerprint density at radius 3 is 2.29 bits per heavy atom. The molecular weight excluding hydrogens is 294 g/mol. The lowest BCUT2D eigenvalue weighted by Gasteiger charge is -2.17. The van der Waals surface area contributed by atoms with Crippen LogP contribution in [0.4, 0.5) is 0 Å². The minimum Gasteiger partial charge on any atom is -0.382 e. The van der Waals surface area contributed by atoms with Crippen molar-refractivity contribution in [3.63, 3.8) is 0 Å². The van der Waals surface area contributed by atoms with Crippen molar-refractivity contribution in [2.75, 3.05) is 20.6 Å². The highest BCUT2D eigenvalue weighted by atomic mass is 32.2. The number of primary amides is 1. The van der Waals surface area contributed by atoms with Gasteiger partial charge >= 0.3 is 0 Å². The maximum Gasteiger partial charge on any atom is 0.247 e. The summed E-state index contributed by atoms with van der Waals surface area (Å²) in [5, 5.41) is 12.3. The maximum atomic E-state index is 11.9. The Labute approximate surface area is 124 Å². The number of nitrogens with two attached hydrogens (primary N) is 1. The summed E-state index contributed by atoms with van der Waals surface area (Å²) >= 11 is 0. The zero-order valence-electron chi connectivity index (χ0n) is 12.3. The van der Waals surface area contributed by atoms with Crippen LogP contribution in [0, 0.1) is 0 Å². The maximum absolute atomic E-state index is 11.9. The molecule has 0 bridgehead atoms. The van der Waals surface area contributed by atoms with E-state index in [1.807, 2.05) is 6.92 Å². The second kappa shape index (κ2) is 6.99. The van der Waals surface area contributed by atoms with Crippen LogP contribution < -0.4 is 11.1 Å². The molecule has 0 heterocycles. The molecule has 0 aromatic heterocycles. The van der Waals surface area contributed by atoms with E-state index >= 15 is 0 Å². The van der Waals surface area contributed by atoms with Crippen molar-refractivity contribution in [3.05, 3.63) is 29.8 Å². The lowest BCUT2D eigenvalue weighted by atomic mass is 10.1. The Morgan fingerprint density at radius 2 is 1.86 bits per heavy atom. The van der Waals surface area contributed by atoms with Crippen LogP contribution in [0.1, 0.15) is 18.5 Å². The van der Waals surface area contributed by atoms with Gasteiger partial charge in [-0.05, 0) is 24.6 Å². The predicted molar refractivity (Wildman–Crippen MR) is 78.9 cm³/mol. The average molecular weight is 315 g/mol. The van der Waals surface area contributed by atoms with Gasteiger partial charge in [-0.25, -0.2) is 12.7 Å². The first-order valence-corrected chi connectivity index (χ1v) is 7.83. The van der Waals surface area contributed by atoms with E-state index in [2.05, 4.69) is 5.32 Å². The third kappa shape index (κ3) is 4.50. The molecule has 1 aromatic carbocycles. The number of nitrogens with one attached hydrogen (secondary N) is 1. The van der Waals surface area contributed by atoms with Crippen molar-refractivity contribution in [1.29, 1.82) is 0 Å². The number of aliphatic hydroxyl groups is 1. The molecule has 0 aliphatic heterocycles. The minimum atomic E-state index is -3.44. The molecule has 0 spiro atoms. The predicted octanol–water partition coefficient (Wildman–Crippen LogP) is -0.566. The average Bonchev–Trinajstić information content (AvgIpc) is 2.44. The molecule has 2 unspecified atom stereocenters. The Morgan fingerprint density at radius 1 is 1.33 bits per heavy atom. The molecule has 21 heavy (non-hydrogen) atoms. The summed E-state index contributed by atoms with van der Waals surface area (Å²) in [5.74, 6) is -0.790. The number of carbonyl (C=O) groups excluding carboxylic acids is 1. The van der Waals surface area contributed by atoms with Crippen molar-refractivity contribution in [1.82, 2.24) is 9.62 Å². The Hall–Kier alpha value is -1.48. The van der Waals surface area contributed by atoms with Gasteiger partial charge in [0.1, 0.15) is 6.10 Å². The van der Waals surface area contributed by atoms with E-state index in [0.29, 0.717) is 0 Å². The van der Waals surface area contributed by atoms with Gasteiger partial charge in [0.25, 0.3) is 0 Å². The highest BCUT2D eigenvalue weighted by Gasteiger charge is 2.18. The molecule has 2 atom stereocenters. The second-order valence-electron chi connectivity index (χ2n) is 4.90. The van der Waals surface area contributed by atoms with Crippen molar-refractivity contribution in [2.45, 2.75) is 24.0 Å². The van der Waals surface area contributed by atoms with Gasteiger partial charge in [0, 0.05) is 26.7 Å². The SMILES string of the molecule is CC(NCC(O)C(N)=O)c1ccc(S(=O)(=O)N(C)C)cc1. The van der Waals surface area contributed by atoms with Crippen LogP contribution in [-0.2, 0) is 14.8 Å². The van der Waals surface area contributed by atoms with Crippen molar-refractivity contribution >= 4 is 15.9 Å². The van der Waals surface area contributed by atoms with Gasteiger partial charge in [0.15, 0.2) is 0 Å². The molecule has 0 fully saturated rings. The summed E-state index contributed by atoms with van der Waals surface area (Å²) in [6.07, 6.45) is -1.25.